The minimum atomic E-state index is -0.813. The molecule has 1 atom stereocenters. The highest BCUT2D eigenvalue weighted by Gasteiger charge is 2.17. The second-order valence-electron chi connectivity index (χ2n) is 4.08. The van der Waals surface area contributed by atoms with Crippen molar-refractivity contribution in [1.29, 1.82) is 0 Å². The van der Waals surface area contributed by atoms with E-state index in [1.165, 1.54) is 11.8 Å². The van der Waals surface area contributed by atoms with Crippen LogP contribution in [0.15, 0.2) is 48.5 Å². The van der Waals surface area contributed by atoms with Crippen LogP contribution in [0.3, 0.4) is 0 Å². The molecule has 2 aromatic rings. The molecule has 0 aromatic heterocycles. The van der Waals surface area contributed by atoms with Gasteiger partial charge in [-0.2, -0.15) is 0 Å². The van der Waals surface area contributed by atoms with Gasteiger partial charge in [-0.25, -0.2) is 0 Å². The first-order valence-corrected chi connectivity index (χ1v) is 7.40. The Balaban J connectivity index is 2.27. The quantitative estimate of drug-likeness (QED) is 0.902. The molecule has 0 amide bonds. The molecule has 2 rings (SSSR count). The summed E-state index contributed by atoms with van der Waals surface area (Å²) in [6.07, 6.45) is 1.80. The fourth-order valence-corrected chi connectivity index (χ4v) is 2.63. The number of carboxylic acids is 1. The summed E-state index contributed by atoms with van der Waals surface area (Å²) in [4.78, 5) is 11.1. The molecule has 0 spiro atoms. The molecular weight excluding hydrogens is 280 g/mol. The van der Waals surface area contributed by atoms with Crippen LogP contribution < -0.4 is 0 Å². The number of hydrogen-bond donors (Lipinski definition) is 1. The number of aliphatic carboxylic acids is 1. The van der Waals surface area contributed by atoms with Gasteiger partial charge in [0.15, 0.2) is 0 Å². The summed E-state index contributed by atoms with van der Waals surface area (Å²) in [7, 11) is 0. The zero-order valence-corrected chi connectivity index (χ0v) is 11.9. The van der Waals surface area contributed by atoms with E-state index in [0.717, 1.165) is 16.7 Å². The van der Waals surface area contributed by atoms with Gasteiger partial charge in [0.2, 0.25) is 0 Å². The molecule has 0 bridgehead atoms. The molecule has 0 aliphatic rings. The van der Waals surface area contributed by atoms with Crippen molar-refractivity contribution < 1.29 is 9.90 Å². The average Bonchev–Trinajstić information content (AvgIpc) is 2.41. The van der Waals surface area contributed by atoms with Crippen molar-refractivity contribution in [1.82, 2.24) is 0 Å². The third-order valence-electron chi connectivity index (χ3n) is 2.85. The Labute approximate surface area is 121 Å². The monoisotopic (exact) mass is 292 g/mol. The van der Waals surface area contributed by atoms with E-state index in [1.54, 1.807) is 6.26 Å². The average molecular weight is 293 g/mol. The summed E-state index contributed by atoms with van der Waals surface area (Å²) >= 11 is 7.17. The first-order chi connectivity index (χ1) is 9.11. The first kappa shape index (κ1) is 14.0. The first-order valence-electron chi connectivity index (χ1n) is 5.73. The minimum absolute atomic E-state index is 0.515. The molecule has 4 heteroatoms. The number of halogens is 1. The van der Waals surface area contributed by atoms with Crippen LogP contribution in [0.5, 0.6) is 0 Å². The number of carboxylic acid groups (broad SMARTS) is 1. The van der Waals surface area contributed by atoms with E-state index in [1.807, 2.05) is 48.5 Å². The van der Waals surface area contributed by atoms with E-state index in [9.17, 15) is 4.79 Å². The number of thioether (sulfide) groups is 1. The van der Waals surface area contributed by atoms with Crippen LogP contribution in [-0.2, 0) is 4.79 Å². The van der Waals surface area contributed by atoms with Crippen molar-refractivity contribution >= 4 is 29.3 Å². The zero-order valence-electron chi connectivity index (χ0n) is 10.3. The van der Waals surface area contributed by atoms with Crippen LogP contribution in [-0.4, -0.2) is 17.3 Å². The lowest BCUT2D eigenvalue weighted by Crippen LogP contribution is -2.07. The van der Waals surface area contributed by atoms with Crippen LogP contribution in [0.1, 0.15) is 10.8 Å². The topological polar surface area (TPSA) is 37.3 Å². The van der Waals surface area contributed by atoms with Gasteiger partial charge in [-0.05, 0) is 35.1 Å². The molecule has 0 aliphatic heterocycles. The van der Waals surface area contributed by atoms with Crippen LogP contribution in [0.25, 0.3) is 11.1 Å². The summed E-state index contributed by atoms with van der Waals surface area (Å²) in [5.41, 5.74) is 2.91. The van der Waals surface area contributed by atoms with E-state index in [0.29, 0.717) is 5.02 Å². The number of carbonyl (C=O) groups is 1. The van der Waals surface area contributed by atoms with E-state index >= 15 is 0 Å². The molecule has 0 saturated heterocycles. The maximum atomic E-state index is 11.1. The van der Waals surface area contributed by atoms with Gasteiger partial charge in [0, 0.05) is 5.02 Å². The highest BCUT2D eigenvalue weighted by Crippen LogP contribution is 2.29. The molecule has 0 saturated carbocycles. The predicted molar refractivity (Wildman–Crippen MR) is 80.8 cm³/mol. The molecule has 1 unspecified atom stereocenters. The molecule has 19 heavy (non-hydrogen) atoms. The number of hydrogen-bond acceptors (Lipinski definition) is 2. The lowest BCUT2D eigenvalue weighted by atomic mass is 10.0. The Kier molecular flexibility index (Phi) is 4.51. The van der Waals surface area contributed by atoms with Gasteiger partial charge in [0.05, 0.1) is 0 Å². The highest BCUT2D eigenvalue weighted by molar-refractivity contribution is 7.99. The normalized spacial score (nSPS) is 12.1. The Morgan fingerprint density at radius 3 is 1.95 bits per heavy atom. The van der Waals surface area contributed by atoms with Gasteiger partial charge < -0.3 is 5.11 Å². The van der Waals surface area contributed by atoms with Crippen LogP contribution in [0.2, 0.25) is 5.02 Å². The van der Waals surface area contributed by atoms with E-state index in [2.05, 4.69) is 0 Å². The molecule has 0 fully saturated rings. The summed E-state index contributed by atoms with van der Waals surface area (Å²) in [6, 6.07) is 15.2. The molecule has 2 nitrogen and oxygen atoms in total. The van der Waals surface area contributed by atoms with E-state index in [-0.39, 0.29) is 0 Å². The second-order valence-corrected chi connectivity index (χ2v) is 5.46. The SMILES string of the molecule is CSC(C(=O)O)c1ccc(-c2ccc(Cl)cc2)cc1. The van der Waals surface area contributed by atoms with Crippen molar-refractivity contribution in [3.8, 4) is 11.1 Å². The Morgan fingerprint density at radius 1 is 1.05 bits per heavy atom. The van der Waals surface area contributed by atoms with Crippen molar-refractivity contribution in [3.63, 3.8) is 0 Å². The van der Waals surface area contributed by atoms with Gasteiger partial charge >= 0.3 is 5.97 Å². The fraction of sp³-hybridized carbons (Fsp3) is 0.133. The lowest BCUT2D eigenvalue weighted by molar-refractivity contribution is -0.136. The van der Waals surface area contributed by atoms with Gasteiger partial charge in [0.1, 0.15) is 5.25 Å². The van der Waals surface area contributed by atoms with Crippen LogP contribution in [0.4, 0.5) is 0 Å². The number of rotatable bonds is 4. The second kappa shape index (κ2) is 6.13. The summed E-state index contributed by atoms with van der Waals surface area (Å²) in [6.45, 7) is 0. The van der Waals surface area contributed by atoms with Crippen molar-refractivity contribution in [2.24, 2.45) is 0 Å². The smallest absolute Gasteiger partial charge is 0.321 e. The van der Waals surface area contributed by atoms with Crippen LogP contribution >= 0.6 is 23.4 Å². The molecule has 2 aromatic carbocycles. The highest BCUT2D eigenvalue weighted by atomic mass is 35.5. The van der Waals surface area contributed by atoms with Crippen molar-refractivity contribution in [2.45, 2.75) is 5.25 Å². The molecule has 0 heterocycles. The van der Waals surface area contributed by atoms with Gasteiger partial charge in [-0.3, -0.25) is 4.79 Å². The van der Waals surface area contributed by atoms with Gasteiger partial charge in [0.25, 0.3) is 0 Å². The Morgan fingerprint density at radius 2 is 1.53 bits per heavy atom. The zero-order chi connectivity index (χ0) is 13.8. The maximum absolute atomic E-state index is 11.1. The van der Waals surface area contributed by atoms with Crippen LogP contribution in [0, 0.1) is 0 Å². The molecule has 98 valence electrons. The standard InChI is InChI=1S/C15H13ClO2S/c1-19-14(15(17)18)12-4-2-10(3-5-12)11-6-8-13(16)9-7-11/h2-9,14H,1H3,(H,17,18). The Hall–Kier alpha value is -1.45. The fourth-order valence-electron chi connectivity index (χ4n) is 1.87. The maximum Gasteiger partial charge on any atom is 0.321 e. The Bertz CT molecular complexity index is 564. The molecule has 0 aliphatic carbocycles. The van der Waals surface area contributed by atoms with Gasteiger partial charge in [-0.1, -0.05) is 48.0 Å². The molecule has 1 N–H and O–H groups in total. The minimum Gasteiger partial charge on any atom is -0.480 e. The summed E-state index contributed by atoms with van der Waals surface area (Å²) in [5.74, 6) is -0.813. The number of benzene rings is 2. The van der Waals surface area contributed by atoms with Crippen molar-refractivity contribution in [2.75, 3.05) is 6.26 Å². The molecular formula is C15H13ClO2S. The van der Waals surface area contributed by atoms with E-state index < -0.39 is 11.2 Å². The van der Waals surface area contributed by atoms with E-state index in [4.69, 9.17) is 16.7 Å². The van der Waals surface area contributed by atoms with Gasteiger partial charge in [-0.15, -0.1) is 11.8 Å². The third-order valence-corrected chi connectivity index (χ3v) is 4.05. The largest absolute Gasteiger partial charge is 0.480 e. The third kappa shape index (κ3) is 3.31. The summed E-state index contributed by atoms with van der Waals surface area (Å²) < 4.78 is 0. The summed E-state index contributed by atoms with van der Waals surface area (Å²) in [5, 5.41) is 9.30. The lowest BCUT2D eigenvalue weighted by Gasteiger charge is -2.10. The predicted octanol–water partition coefficient (Wildman–Crippen LogP) is 4.50. The van der Waals surface area contributed by atoms with Crippen molar-refractivity contribution in [3.05, 3.63) is 59.1 Å². The molecule has 0 radical (unpaired) electrons.